The van der Waals surface area contributed by atoms with Crippen LogP contribution in [0.3, 0.4) is 0 Å². The summed E-state index contributed by atoms with van der Waals surface area (Å²) in [5.74, 6) is -1.01. The fourth-order valence-electron chi connectivity index (χ4n) is 3.10. The van der Waals surface area contributed by atoms with Crippen molar-refractivity contribution in [3.8, 4) is 5.69 Å². The topological polar surface area (TPSA) is 55.2 Å². The normalized spacial score (nSPS) is 11.1. The first-order valence-electron chi connectivity index (χ1n) is 9.27. The van der Waals surface area contributed by atoms with E-state index in [0.717, 1.165) is 11.8 Å². The van der Waals surface area contributed by atoms with E-state index < -0.39 is 5.82 Å². The highest BCUT2D eigenvalue weighted by molar-refractivity contribution is 7.99. The standard InChI is InChI=1S/C22H17F2N3O2S2/c1-13-11-15(24)5-8-18(13)27-21(29)20-17(9-10-30-20)25-22(27)31-12-19(28)26(2)16-6-3-14(23)4-7-16/h3-11H,12H2,1-2H3. The van der Waals surface area contributed by atoms with Crippen molar-refractivity contribution in [2.24, 2.45) is 0 Å². The second kappa shape index (κ2) is 8.60. The van der Waals surface area contributed by atoms with Crippen LogP contribution in [0.2, 0.25) is 0 Å². The molecule has 0 N–H and O–H groups in total. The predicted octanol–water partition coefficient (Wildman–Crippen LogP) is 4.79. The molecule has 0 fully saturated rings. The molecule has 0 bridgehead atoms. The van der Waals surface area contributed by atoms with E-state index in [1.54, 1.807) is 25.4 Å². The van der Waals surface area contributed by atoms with Gasteiger partial charge in [-0.25, -0.2) is 13.8 Å². The summed E-state index contributed by atoms with van der Waals surface area (Å²) in [6.07, 6.45) is 0. The van der Waals surface area contributed by atoms with Crippen molar-refractivity contribution in [2.45, 2.75) is 12.1 Å². The molecule has 0 aliphatic carbocycles. The van der Waals surface area contributed by atoms with Gasteiger partial charge in [0.15, 0.2) is 5.16 Å². The van der Waals surface area contributed by atoms with E-state index in [1.807, 2.05) is 0 Å². The lowest BCUT2D eigenvalue weighted by molar-refractivity contribution is -0.115. The summed E-state index contributed by atoms with van der Waals surface area (Å²) in [6.45, 7) is 1.71. The van der Waals surface area contributed by atoms with Gasteiger partial charge < -0.3 is 4.90 Å². The van der Waals surface area contributed by atoms with Crippen molar-refractivity contribution in [3.05, 3.63) is 81.5 Å². The summed E-state index contributed by atoms with van der Waals surface area (Å²) in [5, 5.41) is 2.12. The Morgan fingerprint density at radius 2 is 1.84 bits per heavy atom. The fourth-order valence-corrected chi connectivity index (χ4v) is 4.78. The molecular formula is C22H17F2N3O2S2. The van der Waals surface area contributed by atoms with Gasteiger partial charge in [0.05, 0.1) is 17.0 Å². The average Bonchev–Trinajstić information content (AvgIpc) is 3.22. The molecule has 2 heterocycles. The van der Waals surface area contributed by atoms with E-state index in [2.05, 4.69) is 4.98 Å². The van der Waals surface area contributed by atoms with E-state index in [9.17, 15) is 18.4 Å². The number of amides is 1. The minimum absolute atomic E-state index is 0.0101. The van der Waals surface area contributed by atoms with Crippen LogP contribution in [0.1, 0.15) is 5.56 Å². The van der Waals surface area contributed by atoms with Crippen molar-refractivity contribution in [3.63, 3.8) is 0 Å². The number of fused-ring (bicyclic) bond motifs is 1. The van der Waals surface area contributed by atoms with E-state index in [-0.39, 0.29) is 23.0 Å². The number of anilines is 1. The Morgan fingerprint density at radius 3 is 2.55 bits per heavy atom. The van der Waals surface area contributed by atoms with Gasteiger partial charge in [-0.3, -0.25) is 14.2 Å². The molecule has 0 saturated heterocycles. The van der Waals surface area contributed by atoms with Gasteiger partial charge in [0.1, 0.15) is 16.3 Å². The number of rotatable bonds is 5. The first-order chi connectivity index (χ1) is 14.8. The Morgan fingerprint density at radius 1 is 1.13 bits per heavy atom. The number of thiophene rings is 1. The quantitative estimate of drug-likeness (QED) is 0.319. The molecule has 5 nitrogen and oxygen atoms in total. The highest BCUT2D eigenvalue weighted by atomic mass is 32.2. The van der Waals surface area contributed by atoms with Crippen LogP contribution in [0, 0.1) is 18.6 Å². The summed E-state index contributed by atoms with van der Waals surface area (Å²) in [6, 6.07) is 11.5. The zero-order valence-electron chi connectivity index (χ0n) is 16.6. The van der Waals surface area contributed by atoms with Gasteiger partial charge in [0.25, 0.3) is 5.56 Å². The number of nitrogens with zero attached hydrogens (tertiary/aromatic N) is 3. The van der Waals surface area contributed by atoms with Gasteiger partial charge in [-0.2, -0.15) is 0 Å². The van der Waals surface area contributed by atoms with Crippen LogP contribution >= 0.6 is 23.1 Å². The van der Waals surface area contributed by atoms with Crippen molar-refractivity contribution in [1.29, 1.82) is 0 Å². The maximum absolute atomic E-state index is 13.6. The van der Waals surface area contributed by atoms with Crippen molar-refractivity contribution in [1.82, 2.24) is 9.55 Å². The van der Waals surface area contributed by atoms with Crippen LogP contribution in [-0.2, 0) is 4.79 Å². The first-order valence-corrected chi connectivity index (χ1v) is 11.1. The Kier molecular flexibility index (Phi) is 5.88. The van der Waals surface area contributed by atoms with Gasteiger partial charge in [-0.1, -0.05) is 11.8 Å². The minimum Gasteiger partial charge on any atom is -0.315 e. The summed E-state index contributed by atoms with van der Waals surface area (Å²) in [4.78, 5) is 31.9. The number of carbonyl (C=O) groups excluding carboxylic acids is 1. The number of hydrogen-bond acceptors (Lipinski definition) is 5. The van der Waals surface area contributed by atoms with Crippen molar-refractivity contribution in [2.75, 3.05) is 17.7 Å². The van der Waals surface area contributed by atoms with E-state index in [0.29, 0.717) is 32.3 Å². The van der Waals surface area contributed by atoms with E-state index in [4.69, 9.17) is 0 Å². The minimum atomic E-state index is -0.398. The van der Waals surface area contributed by atoms with Crippen LogP contribution in [-0.4, -0.2) is 28.3 Å². The third kappa shape index (κ3) is 4.24. The smallest absolute Gasteiger partial charge is 0.276 e. The summed E-state index contributed by atoms with van der Waals surface area (Å²) in [7, 11) is 1.60. The predicted molar refractivity (Wildman–Crippen MR) is 120 cm³/mol. The molecular weight excluding hydrogens is 440 g/mol. The van der Waals surface area contributed by atoms with Crippen molar-refractivity contribution < 1.29 is 13.6 Å². The monoisotopic (exact) mass is 457 g/mol. The number of thioether (sulfide) groups is 1. The van der Waals surface area contributed by atoms with Crippen LogP contribution < -0.4 is 10.5 Å². The largest absolute Gasteiger partial charge is 0.315 e. The lowest BCUT2D eigenvalue weighted by atomic mass is 10.2. The maximum atomic E-state index is 13.6. The number of benzene rings is 2. The molecule has 9 heteroatoms. The molecule has 0 atom stereocenters. The highest BCUT2D eigenvalue weighted by Crippen LogP contribution is 2.26. The number of hydrogen-bond donors (Lipinski definition) is 0. The molecule has 0 aliphatic rings. The lowest BCUT2D eigenvalue weighted by Gasteiger charge is -2.18. The van der Waals surface area contributed by atoms with Crippen molar-refractivity contribution >= 4 is 44.9 Å². The Balaban J connectivity index is 1.69. The fraction of sp³-hybridized carbons (Fsp3) is 0.136. The number of aryl methyl sites for hydroxylation is 1. The molecule has 2 aromatic carbocycles. The summed E-state index contributed by atoms with van der Waals surface area (Å²) < 4.78 is 28.7. The first kappa shape index (κ1) is 21.2. The summed E-state index contributed by atoms with van der Waals surface area (Å²) in [5.41, 5.74) is 1.93. The summed E-state index contributed by atoms with van der Waals surface area (Å²) >= 11 is 2.40. The molecule has 2 aromatic heterocycles. The third-order valence-corrected chi connectivity index (χ3v) is 6.58. The molecule has 31 heavy (non-hydrogen) atoms. The second-order valence-electron chi connectivity index (χ2n) is 6.82. The molecule has 158 valence electrons. The Bertz CT molecular complexity index is 1330. The molecule has 0 unspecified atom stereocenters. The molecule has 1 amide bonds. The molecule has 0 aliphatic heterocycles. The van der Waals surface area contributed by atoms with Crippen LogP contribution in [0.25, 0.3) is 15.9 Å². The van der Waals surface area contributed by atoms with Gasteiger partial charge >= 0.3 is 0 Å². The molecule has 4 rings (SSSR count). The van der Waals surface area contributed by atoms with Gasteiger partial charge in [0, 0.05) is 12.7 Å². The Labute approximate surface area is 185 Å². The van der Waals surface area contributed by atoms with E-state index >= 15 is 0 Å². The maximum Gasteiger partial charge on any atom is 0.276 e. The van der Waals surface area contributed by atoms with Gasteiger partial charge in [0.2, 0.25) is 5.91 Å². The third-order valence-electron chi connectivity index (χ3n) is 4.76. The van der Waals surface area contributed by atoms with Crippen LogP contribution in [0.15, 0.2) is 63.9 Å². The highest BCUT2D eigenvalue weighted by Gasteiger charge is 2.19. The second-order valence-corrected chi connectivity index (χ2v) is 8.68. The number of halogens is 2. The SMILES string of the molecule is Cc1cc(F)ccc1-n1c(SCC(=O)N(C)c2ccc(F)cc2)nc2ccsc2c1=O. The van der Waals surface area contributed by atoms with Crippen LogP contribution in [0.4, 0.5) is 14.5 Å². The molecule has 4 aromatic rings. The zero-order chi connectivity index (χ0) is 22.1. The average molecular weight is 458 g/mol. The van der Waals surface area contributed by atoms with Gasteiger partial charge in [-0.05, 0) is 66.4 Å². The lowest BCUT2D eigenvalue weighted by Crippen LogP contribution is -2.28. The number of carbonyl (C=O) groups is 1. The van der Waals surface area contributed by atoms with E-state index in [1.165, 1.54) is 63.3 Å². The molecule has 0 saturated carbocycles. The molecule has 0 spiro atoms. The number of aromatic nitrogens is 2. The Hall–Kier alpha value is -3.04. The van der Waals surface area contributed by atoms with Gasteiger partial charge in [-0.15, -0.1) is 11.3 Å². The zero-order valence-corrected chi connectivity index (χ0v) is 18.3. The van der Waals surface area contributed by atoms with Crippen LogP contribution in [0.5, 0.6) is 0 Å². The molecule has 0 radical (unpaired) electrons.